The van der Waals surface area contributed by atoms with Crippen LogP contribution in [0.4, 0.5) is 10.5 Å². The monoisotopic (exact) mass is 366 g/mol. The summed E-state index contributed by atoms with van der Waals surface area (Å²) < 4.78 is 6.66. The molecule has 0 atom stereocenters. The molecule has 1 saturated heterocycles. The van der Waals surface area contributed by atoms with Gasteiger partial charge in [0.15, 0.2) is 0 Å². The number of carbonyl (C=O) groups excluding carboxylic acids is 1. The van der Waals surface area contributed by atoms with E-state index in [9.17, 15) is 4.79 Å². The highest BCUT2D eigenvalue weighted by atomic mass is 79.9. The van der Waals surface area contributed by atoms with Gasteiger partial charge < -0.3 is 9.64 Å². The summed E-state index contributed by atoms with van der Waals surface area (Å²) in [5.41, 5.74) is 0.752. The minimum atomic E-state index is -0.436. The Balaban J connectivity index is 1.72. The standard InChI is InChI=1S/C17H23BrN2O2/c1-16(2,3)22-15(21)20-10-9-19(12-17(20)7-8-17)14-6-4-5-13(18)11-14/h4-6,11H,7-10,12H2,1-3H3. The highest BCUT2D eigenvalue weighted by Crippen LogP contribution is 2.45. The first-order valence-electron chi connectivity index (χ1n) is 7.80. The van der Waals surface area contributed by atoms with Crippen LogP contribution in [0, 0.1) is 0 Å². The van der Waals surface area contributed by atoms with Gasteiger partial charge in [-0.3, -0.25) is 4.90 Å². The second-order valence-electron chi connectivity index (χ2n) is 7.26. The molecule has 1 saturated carbocycles. The van der Waals surface area contributed by atoms with Gasteiger partial charge in [0.25, 0.3) is 0 Å². The highest BCUT2D eigenvalue weighted by molar-refractivity contribution is 9.10. The molecule has 0 bridgehead atoms. The third kappa shape index (κ3) is 3.24. The van der Waals surface area contributed by atoms with E-state index >= 15 is 0 Å². The van der Waals surface area contributed by atoms with E-state index in [0.29, 0.717) is 0 Å². The van der Waals surface area contributed by atoms with Crippen molar-refractivity contribution in [3.63, 3.8) is 0 Å². The van der Waals surface area contributed by atoms with E-state index in [0.717, 1.165) is 36.9 Å². The van der Waals surface area contributed by atoms with Crippen LogP contribution in [0.15, 0.2) is 28.7 Å². The van der Waals surface area contributed by atoms with Gasteiger partial charge in [0.1, 0.15) is 5.60 Å². The van der Waals surface area contributed by atoms with Crippen molar-refractivity contribution in [2.75, 3.05) is 24.5 Å². The SMILES string of the molecule is CC(C)(C)OC(=O)N1CCN(c2cccc(Br)c2)CC12CC2. The molecule has 5 heteroatoms. The second-order valence-corrected chi connectivity index (χ2v) is 8.17. The number of halogens is 1. The molecule has 2 fully saturated rings. The van der Waals surface area contributed by atoms with Crippen molar-refractivity contribution >= 4 is 27.7 Å². The number of carbonyl (C=O) groups is 1. The van der Waals surface area contributed by atoms with Gasteiger partial charge in [0.2, 0.25) is 0 Å². The zero-order valence-corrected chi connectivity index (χ0v) is 15.0. The first kappa shape index (κ1) is 15.7. The van der Waals surface area contributed by atoms with Gasteiger partial charge in [-0.05, 0) is 51.8 Å². The summed E-state index contributed by atoms with van der Waals surface area (Å²) >= 11 is 3.53. The molecule has 0 N–H and O–H groups in total. The Morgan fingerprint density at radius 2 is 2.00 bits per heavy atom. The van der Waals surface area contributed by atoms with E-state index in [1.54, 1.807) is 0 Å². The van der Waals surface area contributed by atoms with Gasteiger partial charge in [-0.1, -0.05) is 22.0 Å². The van der Waals surface area contributed by atoms with Crippen molar-refractivity contribution in [2.24, 2.45) is 0 Å². The number of hydrogen-bond acceptors (Lipinski definition) is 3. The van der Waals surface area contributed by atoms with Crippen LogP contribution in [0.5, 0.6) is 0 Å². The minimum absolute atomic E-state index is 0.0249. The number of hydrogen-bond donors (Lipinski definition) is 0. The zero-order valence-electron chi connectivity index (χ0n) is 13.4. The molecule has 22 heavy (non-hydrogen) atoms. The summed E-state index contributed by atoms with van der Waals surface area (Å²) in [5, 5.41) is 0. The molecule has 120 valence electrons. The number of piperazine rings is 1. The third-order valence-corrected chi connectivity index (χ3v) is 4.76. The second kappa shape index (κ2) is 5.44. The van der Waals surface area contributed by atoms with Crippen LogP contribution in [0.25, 0.3) is 0 Å². The van der Waals surface area contributed by atoms with E-state index in [2.05, 4.69) is 39.0 Å². The van der Waals surface area contributed by atoms with Crippen molar-refractivity contribution in [1.82, 2.24) is 4.90 Å². The van der Waals surface area contributed by atoms with Gasteiger partial charge in [-0.25, -0.2) is 4.79 Å². The predicted molar refractivity (Wildman–Crippen MR) is 91.3 cm³/mol. The van der Waals surface area contributed by atoms with Gasteiger partial charge >= 0.3 is 6.09 Å². The fourth-order valence-corrected chi connectivity index (χ4v) is 3.43. The minimum Gasteiger partial charge on any atom is -0.444 e. The molecule has 4 nitrogen and oxygen atoms in total. The molecule has 0 aromatic heterocycles. The molecule has 0 unspecified atom stereocenters. The molecule has 2 aliphatic rings. The van der Waals surface area contributed by atoms with Crippen molar-refractivity contribution in [1.29, 1.82) is 0 Å². The van der Waals surface area contributed by atoms with Crippen molar-refractivity contribution in [2.45, 2.75) is 44.8 Å². The maximum atomic E-state index is 12.4. The van der Waals surface area contributed by atoms with Crippen LogP contribution in [-0.4, -0.2) is 41.8 Å². The van der Waals surface area contributed by atoms with Crippen molar-refractivity contribution in [3.8, 4) is 0 Å². The lowest BCUT2D eigenvalue weighted by atomic mass is 10.1. The Hall–Kier alpha value is -1.23. The first-order chi connectivity index (χ1) is 10.3. The van der Waals surface area contributed by atoms with Gasteiger partial charge in [0.05, 0.1) is 5.54 Å². The Morgan fingerprint density at radius 3 is 2.59 bits per heavy atom. The number of benzene rings is 1. The van der Waals surface area contributed by atoms with E-state index in [1.165, 1.54) is 5.69 Å². The van der Waals surface area contributed by atoms with Crippen LogP contribution in [-0.2, 0) is 4.74 Å². The Morgan fingerprint density at radius 1 is 1.27 bits per heavy atom. The molecule has 1 spiro atoms. The summed E-state index contributed by atoms with van der Waals surface area (Å²) in [4.78, 5) is 16.8. The lowest BCUT2D eigenvalue weighted by Crippen LogP contribution is -2.58. The van der Waals surface area contributed by atoms with E-state index in [1.807, 2.05) is 31.7 Å². The molecular weight excluding hydrogens is 344 g/mol. The lowest BCUT2D eigenvalue weighted by molar-refractivity contribution is 0.0106. The molecule has 1 aliphatic heterocycles. The summed E-state index contributed by atoms with van der Waals surface area (Å²) in [5.74, 6) is 0. The van der Waals surface area contributed by atoms with Gasteiger partial charge in [-0.2, -0.15) is 0 Å². The number of ether oxygens (including phenoxy) is 1. The molecule has 1 aliphatic carbocycles. The molecule has 3 rings (SSSR count). The van der Waals surface area contributed by atoms with Gasteiger partial charge in [-0.15, -0.1) is 0 Å². The van der Waals surface area contributed by atoms with Crippen LogP contribution < -0.4 is 4.90 Å². The quantitative estimate of drug-likeness (QED) is 0.751. The van der Waals surface area contributed by atoms with Crippen LogP contribution >= 0.6 is 15.9 Å². The van der Waals surface area contributed by atoms with Crippen LogP contribution in [0.2, 0.25) is 0 Å². The maximum absolute atomic E-state index is 12.4. The van der Waals surface area contributed by atoms with Gasteiger partial charge in [0, 0.05) is 29.8 Å². The van der Waals surface area contributed by atoms with E-state index in [4.69, 9.17) is 4.74 Å². The summed E-state index contributed by atoms with van der Waals surface area (Å²) in [7, 11) is 0. The fraction of sp³-hybridized carbons (Fsp3) is 0.588. The highest BCUT2D eigenvalue weighted by Gasteiger charge is 2.54. The fourth-order valence-electron chi connectivity index (χ4n) is 3.05. The summed E-state index contributed by atoms with van der Waals surface area (Å²) in [6.45, 7) is 8.22. The van der Waals surface area contributed by atoms with Crippen LogP contribution in [0.3, 0.4) is 0 Å². The summed E-state index contributed by atoms with van der Waals surface area (Å²) in [6, 6.07) is 8.36. The molecule has 1 aromatic carbocycles. The lowest BCUT2D eigenvalue weighted by Gasteiger charge is -2.43. The summed E-state index contributed by atoms with van der Waals surface area (Å²) in [6.07, 6.45) is 1.96. The van der Waals surface area contributed by atoms with Crippen LogP contribution in [0.1, 0.15) is 33.6 Å². The Kier molecular flexibility index (Phi) is 3.87. The number of rotatable bonds is 1. The largest absolute Gasteiger partial charge is 0.444 e. The average Bonchev–Trinajstić information content (AvgIpc) is 3.16. The third-order valence-electron chi connectivity index (χ3n) is 4.27. The number of anilines is 1. The smallest absolute Gasteiger partial charge is 0.410 e. The molecule has 0 radical (unpaired) electrons. The average molecular weight is 367 g/mol. The van der Waals surface area contributed by atoms with Crippen molar-refractivity contribution < 1.29 is 9.53 Å². The maximum Gasteiger partial charge on any atom is 0.410 e. The molecule has 1 aromatic rings. The normalized spacial score (nSPS) is 20.2. The molecular formula is C17H23BrN2O2. The van der Waals surface area contributed by atoms with E-state index in [-0.39, 0.29) is 11.6 Å². The predicted octanol–water partition coefficient (Wildman–Crippen LogP) is 4.04. The Labute approximate surface area is 140 Å². The Bertz CT molecular complexity index is 578. The zero-order chi connectivity index (χ0) is 16.0. The van der Waals surface area contributed by atoms with E-state index < -0.39 is 5.60 Å². The van der Waals surface area contributed by atoms with Crippen molar-refractivity contribution in [3.05, 3.63) is 28.7 Å². The first-order valence-corrected chi connectivity index (χ1v) is 8.60. The number of amides is 1. The molecule has 1 heterocycles. The molecule has 1 amide bonds. The topological polar surface area (TPSA) is 32.8 Å². The number of nitrogens with zero attached hydrogens (tertiary/aromatic N) is 2.